The number of halogens is 1. The van der Waals surface area contributed by atoms with Gasteiger partial charge in [0, 0.05) is 10.6 Å². The molecule has 0 saturated carbocycles. The van der Waals surface area contributed by atoms with Crippen molar-refractivity contribution < 1.29 is 19.2 Å². The van der Waals surface area contributed by atoms with E-state index in [0.29, 0.717) is 16.5 Å². The number of carbonyl (C=O) groups excluding carboxylic acids is 2. The van der Waals surface area contributed by atoms with E-state index in [2.05, 4.69) is 10.6 Å². The molecule has 1 aromatic carbocycles. The van der Waals surface area contributed by atoms with E-state index >= 15 is 0 Å². The molecule has 0 fully saturated rings. The minimum Gasteiger partial charge on any atom is -0.495 e. The predicted octanol–water partition coefficient (Wildman–Crippen LogP) is 1.11. The Balaban J connectivity index is 2.70. The molecule has 0 bridgehead atoms. The zero-order valence-electron chi connectivity index (χ0n) is 15.1. The highest BCUT2D eigenvalue weighted by Crippen LogP contribution is 2.27. The SMILES string of the molecule is COc1ccc(Cl)cc1NC(=O)[C@@H](C)[NH+](C)CC(=O)NC(C)(C)C. The normalized spacial score (nSPS) is 13.8. The molecule has 0 spiro atoms. The Morgan fingerprint density at radius 3 is 2.50 bits per heavy atom. The summed E-state index contributed by atoms with van der Waals surface area (Å²) in [5.41, 5.74) is 0.214. The first-order valence-corrected chi connectivity index (χ1v) is 8.19. The van der Waals surface area contributed by atoms with Crippen LogP contribution in [0.2, 0.25) is 5.02 Å². The number of hydrogen-bond donors (Lipinski definition) is 3. The van der Waals surface area contributed by atoms with E-state index in [1.54, 1.807) is 25.1 Å². The van der Waals surface area contributed by atoms with Crippen LogP contribution < -0.4 is 20.3 Å². The van der Waals surface area contributed by atoms with Gasteiger partial charge in [-0.2, -0.15) is 0 Å². The molecule has 134 valence electrons. The monoisotopic (exact) mass is 356 g/mol. The van der Waals surface area contributed by atoms with Crippen LogP contribution in [-0.2, 0) is 9.59 Å². The standard InChI is InChI=1S/C17H26ClN3O3/c1-11(21(5)10-15(22)20-17(2,3)4)16(23)19-13-9-12(18)7-8-14(13)24-6/h7-9,11H,10H2,1-6H3,(H,19,23)(H,20,22)/p+1/t11-/m1/s1. The van der Waals surface area contributed by atoms with Crippen LogP contribution in [0.25, 0.3) is 0 Å². The number of hydrogen-bond acceptors (Lipinski definition) is 3. The third-order valence-electron chi connectivity index (χ3n) is 3.51. The van der Waals surface area contributed by atoms with Gasteiger partial charge < -0.3 is 20.3 Å². The highest BCUT2D eigenvalue weighted by atomic mass is 35.5. The van der Waals surface area contributed by atoms with Crippen LogP contribution in [0, 0.1) is 0 Å². The Hall–Kier alpha value is -1.79. The molecule has 1 rings (SSSR count). The highest BCUT2D eigenvalue weighted by Gasteiger charge is 2.26. The smallest absolute Gasteiger partial charge is 0.282 e. The first-order valence-electron chi connectivity index (χ1n) is 7.81. The fourth-order valence-corrected chi connectivity index (χ4v) is 2.28. The lowest BCUT2D eigenvalue weighted by Crippen LogP contribution is -3.15. The molecule has 6 nitrogen and oxygen atoms in total. The summed E-state index contributed by atoms with van der Waals surface area (Å²) in [6.45, 7) is 7.73. The number of quaternary nitrogens is 1. The van der Waals surface area contributed by atoms with Crippen LogP contribution in [0.3, 0.4) is 0 Å². The maximum atomic E-state index is 12.4. The summed E-state index contributed by atoms with van der Waals surface area (Å²) in [5.74, 6) is 0.222. The summed E-state index contributed by atoms with van der Waals surface area (Å²) < 4.78 is 5.22. The number of likely N-dealkylation sites (N-methyl/N-ethyl adjacent to an activating group) is 1. The second kappa shape index (κ2) is 8.35. The largest absolute Gasteiger partial charge is 0.495 e. The number of ether oxygens (including phenoxy) is 1. The molecule has 0 aliphatic rings. The van der Waals surface area contributed by atoms with Gasteiger partial charge >= 0.3 is 0 Å². The molecule has 0 aromatic heterocycles. The summed E-state index contributed by atoms with van der Waals surface area (Å²) in [6.07, 6.45) is 0. The molecule has 7 heteroatoms. The Morgan fingerprint density at radius 2 is 1.96 bits per heavy atom. The van der Waals surface area contributed by atoms with E-state index in [1.165, 1.54) is 7.11 Å². The molecule has 1 unspecified atom stereocenters. The second-order valence-corrected chi connectivity index (χ2v) is 7.31. The van der Waals surface area contributed by atoms with Crippen molar-refractivity contribution in [1.29, 1.82) is 0 Å². The summed E-state index contributed by atoms with van der Waals surface area (Å²) in [7, 11) is 3.33. The molecule has 1 aromatic rings. The summed E-state index contributed by atoms with van der Waals surface area (Å²) >= 11 is 5.96. The zero-order valence-corrected chi connectivity index (χ0v) is 15.9. The van der Waals surface area contributed by atoms with Crippen molar-refractivity contribution in [1.82, 2.24) is 5.32 Å². The molecular formula is C17H27ClN3O3+. The lowest BCUT2D eigenvalue weighted by molar-refractivity contribution is -0.885. The Morgan fingerprint density at radius 1 is 1.33 bits per heavy atom. The van der Waals surface area contributed by atoms with Crippen LogP contribution in [0.4, 0.5) is 5.69 Å². The number of methoxy groups -OCH3 is 1. The fourth-order valence-electron chi connectivity index (χ4n) is 2.11. The van der Waals surface area contributed by atoms with Gasteiger partial charge in [0.1, 0.15) is 5.75 Å². The summed E-state index contributed by atoms with van der Waals surface area (Å²) in [4.78, 5) is 25.2. The average Bonchev–Trinajstić information content (AvgIpc) is 2.44. The number of amides is 2. The van der Waals surface area contributed by atoms with E-state index in [0.717, 1.165) is 4.90 Å². The van der Waals surface area contributed by atoms with Crippen molar-refractivity contribution in [3.63, 3.8) is 0 Å². The van der Waals surface area contributed by atoms with Gasteiger partial charge in [0.15, 0.2) is 12.6 Å². The molecule has 0 saturated heterocycles. The summed E-state index contributed by atoms with van der Waals surface area (Å²) in [5, 5.41) is 6.20. The summed E-state index contributed by atoms with van der Waals surface area (Å²) in [6, 6.07) is 4.59. The molecule has 2 amide bonds. The average molecular weight is 357 g/mol. The first kappa shape index (κ1) is 20.3. The Kier molecular flexibility index (Phi) is 7.05. The minimum absolute atomic E-state index is 0.0972. The topological polar surface area (TPSA) is 71.9 Å². The zero-order chi connectivity index (χ0) is 18.5. The van der Waals surface area contributed by atoms with Crippen LogP contribution in [0.5, 0.6) is 5.75 Å². The first-order chi connectivity index (χ1) is 11.0. The van der Waals surface area contributed by atoms with Crippen molar-refractivity contribution in [2.45, 2.75) is 39.3 Å². The van der Waals surface area contributed by atoms with E-state index < -0.39 is 6.04 Å². The van der Waals surface area contributed by atoms with Crippen LogP contribution in [0.15, 0.2) is 18.2 Å². The lowest BCUT2D eigenvalue weighted by Gasteiger charge is -2.24. The van der Waals surface area contributed by atoms with Gasteiger partial charge in [-0.25, -0.2) is 0 Å². The number of anilines is 1. The molecule has 0 heterocycles. The van der Waals surface area contributed by atoms with E-state index in [-0.39, 0.29) is 23.9 Å². The van der Waals surface area contributed by atoms with Crippen LogP contribution in [-0.4, -0.2) is 44.1 Å². The minimum atomic E-state index is -0.417. The maximum Gasteiger partial charge on any atom is 0.282 e. The molecule has 0 aliphatic carbocycles. The van der Waals surface area contributed by atoms with E-state index in [9.17, 15) is 9.59 Å². The molecule has 24 heavy (non-hydrogen) atoms. The highest BCUT2D eigenvalue weighted by molar-refractivity contribution is 6.31. The number of benzene rings is 1. The van der Waals surface area contributed by atoms with Gasteiger partial charge in [-0.05, 0) is 45.9 Å². The molecule has 0 radical (unpaired) electrons. The van der Waals surface area contributed by atoms with Crippen molar-refractivity contribution in [2.75, 3.05) is 26.0 Å². The van der Waals surface area contributed by atoms with Crippen molar-refractivity contribution in [3.05, 3.63) is 23.2 Å². The Bertz CT molecular complexity index is 599. The molecule has 3 N–H and O–H groups in total. The van der Waals surface area contributed by atoms with Gasteiger partial charge in [-0.1, -0.05) is 11.6 Å². The van der Waals surface area contributed by atoms with E-state index in [1.807, 2.05) is 27.8 Å². The van der Waals surface area contributed by atoms with Crippen molar-refractivity contribution >= 4 is 29.1 Å². The van der Waals surface area contributed by atoms with Crippen molar-refractivity contribution in [3.8, 4) is 5.75 Å². The maximum absolute atomic E-state index is 12.4. The van der Waals surface area contributed by atoms with Gasteiger partial charge in [0.2, 0.25) is 0 Å². The number of nitrogens with one attached hydrogen (secondary N) is 3. The third kappa shape index (κ3) is 6.37. The van der Waals surface area contributed by atoms with Crippen LogP contribution >= 0.6 is 11.6 Å². The lowest BCUT2D eigenvalue weighted by atomic mass is 10.1. The molecule has 2 atom stereocenters. The number of carbonyl (C=O) groups is 2. The fraction of sp³-hybridized carbons (Fsp3) is 0.529. The third-order valence-corrected chi connectivity index (χ3v) is 3.74. The van der Waals surface area contributed by atoms with Gasteiger partial charge in [0.05, 0.1) is 19.8 Å². The van der Waals surface area contributed by atoms with Gasteiger partial charge in [-0.15, -0.1) is 0 Å². The molecule has 0 aliphatic heterocycles. The predicted molar refractivity (Wildman–Crippen MR) is 95.7 cm³/mol. The van der Waals surface area contributed by atoms with Gasteiger partial charge in [0.25, 0.3) is 11.8 Å². The second-order valence-electron chi connectivity index (χ2n) is 6.88. The Labute approximate surface area is 148 Å². The van der Waals surface area contributed by atoms with Crippen molar-refractivity contribution in [2.24, 2.45) is 0 Å². The van der Waals surface area contributed by atoms with Gasteiger partial charge in [-0.3, -0.25) is 9.59 Å². The quantitative estimate of drug-likeness (QED) is 0.715. The van der Waals surface area contributed by atoms with Crippen LogP contribution in [0.1, 0.15) is 27.7 Å². The number of rotatable bonds is 6. The van der Waals surface area contributed by atoms with E-state index in [4.69, 9.17) is 16.3 Å². The molecular weight excluding hydrogens is 330 g/mol.